The Morgan fingerprint density at radius 1 is 0.885 bits per heavy atom. The third kappa shape index (κ3) is 2.51. The van der Waals surface area contributed by atoms with Crippen molar-refractivity contribution in [1.29, 1.82) is 5.26 Å². The molecule has 2 heteroatoms. The Kier molecular flexibility index (Phi) is 3.86. The molecule has 0 unspecified atom stereocenters. The van der Waals surface area contributed by atoms with Crippen LogP contribution in [0.2, 0.25) is 0 Å². The van der Waals surface area contributed by atoms with Crippen LogP contribution in [0.15, 0.2) is 60.7 Å². The van der Waals surface area contributed by atoms with Gasteiger partial charge in [-0.15, -0.1) is 0 Å². The van der Waals surface area contributed by atoms with E-state index in [1.165, 1.54) is 37.8 Å². The van der Waals surface area contributed by atoms with Crippen molar-refractivity contribution in [2.45, 2.75) is 33.1 Å². The standard InChI is InChI=1S/C24H22NSi/c1-16-10-12-20-19-13-11-17(15-25)14-21(19)26(18-8-6-5-7-9-18)23(20)22(16)24(2,3)4/h5-14H,1-4H3. The van der Waals surface area contributed by atoms with E-state index in [-0.39, 0.29) is 5.41 Å². The quantitative estimate of drug-likeness (QED) is 0.480. The number of nitrogens with zero attached hydrogens (tertiary/aromatic N) is 1. The molecular weight excluding hydrogens is 330 g/mol. The van der Waals surface area contributed by atoms with Gasteiger partial charge in [0.1, 0.15) is 0 Å². The Morgan fingerprint density at radius 3 is 2.23 bits per heavy atom. The number of fused-ring (bicyclic) bond motifs is 3. The molecule has 127 valence electrons. The van der Waals surface area contributed by atoms with E-state index in [0.29, 0.717) is 0 Å². The molecule has 0 amide bonds. The largest absolute Gasteiger partial charge is 0.192 e. The van der Waals surface area contributed by atoms with E-state index in [9.17, 15) is 5.26 Å². The van der Waals surface area contributed by atoms with Crippen molar-refractivity contribution in [3.05, 3.63) is 77.4 Å². The molecule has 3 aromatic rings. The van der Waals surface area contributed by atoms with Crippen molar-refractivity contribution in [3.8, 4) is 17.2 Å². The summed E-state index contributed by atoms with van der Waals surface area (Å²) < 4.78 is 0. The monoisotopic (exact) mass is 352 g/mol. The van der Waals surface area contributed by atoms with Gasteiger partial charge in [-0.2, -0.15) is 5.26 Å². The second kappa shape index (κ2) is 5.97. The predicted molar refractivity (Wildman–Crippen MR) is 111 cm³/mol. The summed E-state index contributed by atoms with van der Waals surface area (Å²) in [5.41, 5.74) is 6.34. The van der Waals surface area contributed by atoms with Crippen LogP contribution in [0.4, 0.5) is 0 Å². The average molecular weight is 353 g/mol. The van der Waals surface area contributed by atoms with Crippen molar-refractivity contribution in [3.63, 3.8) is 0 Å². The van der Waals surface area contributed by atoms with E-state index in [4.69, 9.17) is 0 Å². The lowest BCUT2D eigenvalue weighted by Crippen LogP contribution is -2.51. The van der Waals surface area contributed by atoms with Gasteiger partial charge in [0, 0.05) is 0 Å². The maximum atomic E-state index is 9.43. The van der Waals surface area contributed by atoms with Crippen LogP contribution in [-0.2, 0) is 5.41 Å². The number of hydrogen-bond acceptors (Lipinski definition) is 1. The second-order valence-corrected chi connectivity index (χ2v) is 10.4. The highest BCUT2D eigenvalue weighted by molar-refractivity contribution is 6.99. The number of benzene rings is 3. The van der Waals surface area contributed by atoms with Crippen LogP contribution in [0, 0.1) is 18.3 Å². The molecule has 0 saturated carbocycles. The summed E-state index contributed by atoms with van der Waals surface area (Å²) >= 11 is 0. The van der Waals surface area contributed by atoms with Crippen LogP contribution >= 0.6 is 0 Å². The summed E-state index contributed by atoms with van der Waals surface area (Å²) in [7, 11) is -1.12. The Hall–Kier alpha value is -2.63. The lowest BCUT2D eigenvalue weighted by Gasteiger charge is -2.28. The fraction of sp³-hybridized carbons (Fsp3) is 0.208. The molecule has 26 heavy (non-hydrogen) atoms. The summed E-state index contributed by atoms with van der Waals surface area (Å²) in [6.07, 6.45) is 0. The topological polar surface area (TPSA) is 23.8 Å². The maximum absolute atomic E-state index is 9.43. The Bertz CT molecular complexity index is 1040. The molecule has 1 aliphatic heterocycles. The first-order chi connectivity index (χ1) is 12.4. The fourth-order valence-electron chi connectivity index (χ4n) is 4.25. The van der Waals surface area contributed by atoms with Crippen LogP contribution in [0.3, 0.4) is 0 Å². The molecule has 0 atom stereocenters. The molecule has 1 radical (unpaired) electrons. The summed E-state index contributed by atoms with van der Waals surface area (Å²) in [6.45, 7) is 9.16. The minimum atomic E-state index is -1.12. The Labute approximate surface area is 157 Å². The van der Waals surface area contributed by atoms with E-state index in [1.54, 1.807) is 0 Å². The summed E-state index contributed by atoms with van der Waals surface area (Å²) in [5.74, 6) is 0. The van der Waals surface area contributed by atoms with E-state index < -0.39 is 8.80 Å². The van der Waals surface area contributed by atoms with Crippen LogP contribution in [0.1, 0.15) is 37.5 Å². The van der Waals surface area contributed by atoms with E-state index in [2.05, 4.69) is 88.4 Å². The van der Waals surface area contributed by atoms with Crippen molar-refractivity contribution >= 4 is 24.4 Å². The SMILES string of the molecule is Cc1ccc2c(c1C(C)(C)C)[Si](c1ccccc1)c1cc(C#N)ccc1-2. The number of hydrogen-bond donors (Lipinski definition) is 0. The lowest BCUT2D eigenvalue weighted by atomic mass is 9.82. The van der Waals surface area contributed by atoms with Gasteiger partial charge in [0.15, 0.2) is 8.80 Å². The molecule has 0 fully saturated rings. The molecule has 1 aliphatic rings. The Balaban J connectivity index is 2.10. The third-order valence-corrected chi connectivity index (χ3v) is 8.07. The van der Waals surface area contributed by atoms with Crippen LogP contribution in [0.25, 0.3) is 11.1 Å². The minimum Gasteiger partial charge on any atom is -0.192 e. The van der Waals surface area contributed by atoms with Crippen molar-refractivity contribution < 1.29 is 0 Å². The number of rotatable bonds is 1. The van der Waals surface area contributed by atoms with E-state index >= 15 is 0 Å². The van der Waals surface area contributed by atoms with Gasteiger partial charge in [-0.05, 0) is 57.1 Å². The molecule has 1 nitrogen and oxygen atoms in total. The van der Waals surface area contributed by atoms with Gasteiger partial charge in [-0.3, -0.25) is 0 Å². The van der Waals surface area contributed by atoms with Crippen molar-refractivity contribution in [1.82, 2.24) is 0 Å². The normalized spacial score (nSPS) is 13.2. The zero-order valence-electron chi connectivity index (χ0n) is 15.7. The molecule has 1 heterocycles. The summed E-state index contributed by atoms with van der Waals surface area (Å²) in [5, 5.41) is 13.7. The van der Waals surface area contributed by atoms with Gasteiger partial charge in [-0.25, -0.2) is 0 Å². The Morgan fingerprint density at radius 2 is 1.58 bits per heavy atom. The van der Waals surface area contributed by atoms with Crippen molar-refractivity contribution in [2.75, 3.05) is 0 Å². The van der Waals surface area contributed by atoms with Crippen molar-refractivity contribution in [2.24, 2.45) is 0 Å². The van der Waals surface area contributed by atoms with Gasteiger partial charge in [0.2, 0.25) is 0 Å². The van der Waals surface area contributed by atoms with Gasteiger partial charge in [-0.1, -0.05) is 74.5 Å². The van der Waals surface area contributed by atoms with Gasteiger partial charge in [0.05, 0.1) is 11.6 Å². The zero-order chi connectivity index (χ0) is 18.5. The number of nitriles is 1. The highest BCUT2D eigenvalue weighted by Gasteiger charge is 2.37. The smallest absolute Gasteiger partial charge is 0.156 e. The maximum Gasteiger partial charge on any atom is 0.156 e. The van der Waals surface area contributed by atoms with E-state index in [0.717, 1.165) is 5.56 Å². The predicted octanol–water partition coefficient (Wildman–Crippen LogP) is 3.66. The fourth-order valence-corrected chi connectivity index (χ4v) is 7.74. The van der Waals surface area contributed by atoms with E-state index in [1.807, 2.05) is 6.07 Å². The molecule has 4 rings (SSSR count). The molecule has 3 aromatic carbocycles. The van der Waals surface area contributed by atoms with Crippen LogP contribution in [-0.4, -0.2) is 8.80 Å². The second-order valence-electron chi connectivity index (χ2n) is 8.04. The summed E-state index contributed by atoms with van der Waals surface area (Å²) in [4.78, 5) is 0. The summed E-state index contributed by atoms with van der Waals surface area (Å²) in [6, 6.07) is 23.9. The lowest BCUT2D eigenvalue weighted by molar-refractivity contribution is 0.590. The zero-order valence-corrected chi connectivity index (χ0v) is 16.7. The first-order valence-electron chi connectivity index (χ1n) is 9.03. The molecule has 0 spiro atoms. The van der Waals surface area contributed by atoms with Crippen LogP contribution < -0.4 is 15.6 Å². The molecule has 0 aliphatic carbocycles. The average Bonchev–Trinajstić information content (AvgIpc) is 2.94. The minimum absolute atomic E-state index is 0.0836. The highest BCUT2D eigenvalue weighted by atomic mass is 28.3. The molecule has 0 saturated heterocycles. The van der Waals surface area contributed by atoms with Gasteiger partial charge < -0.3 is 0 Å². The third-order valence-electron chi connectivity index (χ3n) is 5.18. The van der Waals surface area contributed by atoms with Gasteiger partial charge >= 0.3 is 0 Å². The van der Waals surface area contributed by atoms with Gasteiger partial charge in [0.25, 0.3) is 0 Å². The number of aryl methyl sites for hydroxylation is 1. The highest BCUT2D eigenvalue weighted by Crippen LogP contribution is 2.32. The molecule has 0 aromatic heterocycles. The first-order valence-corrected chi connectivity index (χ1v) is 10.5. The molecule has 0 bridgehead atoms. The van der Waals surface area contributed by atoms with Crippen LogP contribution in [0.5, 0.6) is 0 Å². The first kappa shape index (κ1) is 16.8. The molecule has 0 N–H and O–H groups in total. The molecular formula is C24H22NSi.